The van der Waals surface area contributed by atoms with E-state index in [2.05, 4.69) is 5.32 Å². The number of carbonyl (C=O) groups is 1. The predicted octanol–water partition coefficient (Wildman–Crippen LogP) is 3.53. The van der Waals surface area contributed by atoms with Gasteiger partial charge in [0.25, 0.3) is 5.91 Å². The molecule has 5 nitrogen and oxygen atoms in total. The molecule has 2 rings (SSSR count). The second kappa shape index (κ2) is 5.19. The number of benzene rings is 1. The van der Waals surface area contributed by atoms with Crippen LogP contribution in [0.25, 0.3) is 0 Å². The van der Waals surface area contributed by atoms with Crippen LogP contribution in [0.5, 0.6) is 0 Å². The van der Waals surface area contributed by atoms with Crippen molar-refractivity contribution in [1.29, 1.82) is 0 Å². The number of hydrogen-bond donors (Lipinski definition) is 1. The first kappa shape index (κ1) is 13.2. The van der Waals surface area contributed by atoms with E-state index in [4.69, 9.17) is 0 Å². The number of nitro groups is 1. The van der Waals surface area contributed by atoms with E-state index in [1.54, 1.807) is 0 Å². The highest BCUT2D eigenvalue weighted by Gasteiger charge is 2.15. The lowest BCUT2D eigenvalue weighted by atomic mass is 10.1. The molecule has 0 saturated heterocycles. The highest BCUT2D eigenvalue weighted by atomic mass is 32.1. The van der Waals surface area contributed by atoms with E-state index in [1.165, 1.54) is 12.1 Å². The number of thiophene rings is 1. The van der Waals surface area contributed by atoms with Crippen molar-refractivity contribution in [2.75, 3.05) is 5.32 Å². The molecule has 0 atom stereocenters. The Kier molecular flexibility index (Phi) is 3.62. The van der Waals surface area contributed by atoms with Crippen LogP contribution in [0.1, 0.15) is 20.8 Å². The summed E-state index contributed by atoms with van der Waals surface area (Å²) in [5.41, 5.74) is 2.91. The van der Waals surface area contributed by atoms with Crippen LogP contribution in [0.4, 0.5) is 10.7 Å². The first-order chi connectivity index (χ1) is 8.97. The normalized spacial score (nSPS) is 10.2. The van der Waals surface area contributed by atoms with Gasteiger partial charge in [0.2, 0.25) is 0 Å². The molecule has 0 unspecified atom stereocenters. The number of aryl methyl sites for hydroxylation is 2. The van der Waals surface area contributed by atoms with Gasteiger partial charge in [-0.05, 0) is 43.2 Å². The monoisotopic (exact) mass is 276 g/mol. The van der Waals surface area contributed by atoms with Crippen molar-refractivity contribution in [1.82, 2.24) is 0 Å². The van der Waals surface area contributed by atoms with Crippen LogP contribution in [0.2, 0.25) is 0 Å². The summed E-state index contributed by atoms with van der Waals surface area (Å²) in [5.74, 6) is -0.332. The summed E-state index contributed by atoms with van der Waals surface area (Å²) < 4.78 is 0. The lowest BCUT2D eigenvalue weighted by Crippen LogP contribution is -2.10. The molecule has 1 amide bonds. The maximum Gasteiger partial charge on any atom is 0.324 e. The number of amides is 1. The topological polar surface area (TPSA) is 72.2 Å². The Morgan fingerprint density at radius 1 is 1.21 bits per heavy atom. The molecule has 0 spiro atoms. The van der Waals surface area contributed by atoms with E-state index in [9.17, 15) is 14.9 Å². The molecule has 0 aliphatic heterocycles. The molecule has 0 saturated carbocycles. The van der Waals surface area contributed by atoms with Crippen LogP contribution >= 0.6 is 11.3 Å². The Morgan fingerprint density at radius 2 is 1.95 bits per heavy atom. The minimum absolute atomic E-state index is 0.0368. The van der Waals surface area contributed by atoms with E-state index < -0.39 is 4.92 Å². The molecule has 1 heterocycles. The van der Waals surface area contributed by atoms with Gasteiger partial charge < -0.3 is 5.32 Å². The third kappa shape index (κ3) is 2.97. The van der Waals surface area contributed by atoms with E-state index >= 15 is 0 Å². The van der Waals surface area contributed by atoms with Crippen LogP contribution in [-0.2, 0) is 0 Å². The summed E-state index contributed by atoms with van der Waals surface area (Å²) in [7, 11) is 0. The third-order valence-corrected chi connectivity index (χ3v) is 3.80. The number of rotatable bonds is 3. The van der Waals surface area contributed by atoms with Gasteiger partial charge in [-0.15, -0.1) is 0 Å². The largest absolute Gasteiger partial charge is 0.324 e. The fourth-order valence-electron chi connectivity index (χ4n) is 1.56. The molecule has 0 aliphatic carbocycles. The number of hydrogen-bond acceptors (Lipinski definition) is 4. The smallest absolute Gasteiger partial charge is 0.321 e. The van der Waals surface area contributed by atoms with Crippen molar-refractivity contribution in [3.8, 4) is 0 Å². The average molecular weight is 276 g/mol. The van der Waals surface area contributed by atoms with Gasteiger partial charge in [-0.2, -0.15) is 0 Å². The summed E-state index contributed by atoms with van der Waals surface area (Å²) in [6, 6.07) is 8.39. The van der Waals surface area contributed by atoms with E-state index in [0.29, 0.717) is 10.6 Å². The minimum Gasteiger partial charge on any atom is -0.321 e. The fraction of sp³-hybridized carbons (Fsp3) is 0.154. The highest BCUT2D eigenvalue weighted by molar-refractivity contribution is 7.17. The Balaban J connectivity index is 2.15. The first-order valence-electron chi connectivity index (χ1n) is 5.60. The van der Waals surface area contributed by atoms with Crippen LogP contribution < -0.4 is 5.32 Å². The molecular formula is C13H12N2O3S. The van der Waals surface area contributed by atoms with Gasteiger partial charge >= 0.3 is 5.00 Å². The van der Waals surface area contributed by atoms with Crippen LogP contribution in [0, 0.1) is 24.0 Å². The highest BCUT2D eigenvalue weighted by Crippen LogP contribution is 2.25. The zero-order valence-corrected chi connectivity index (χ0v) is 11.3. The van der Waals surface area contributed by atoms with Crippen LogP contribution in [-0.4, -0.2) is 10.8 Å². The van der Waals surface area contributed by atoms with Gasteiger partial charge in [0, 0.05) is 11.8 Å². The van der Waals surface area contributed by atoms with E-state index in [-0.39, 0.29) is 10.9 Å². The molecule has 1 N–H and O–H groups in total. The maximum atomic E-state index is 11.9. The second-order valence-electron chi connectivity index (χ2n) is 4.15. The van der Waals surface area contributed by atoms with Gasteiger partial charge in [0.15, 0.2) is 0 Å². The zero-order valence-electron chi connectivity index (χ0n) is 10.5. The molecule has 0 aliphatic rings. The number of nitrogens with zero attached hydrogens (tertiary/aromatic N) is 1. The number of nitrogens with one attached hydrogen (secondary N) is 1. The molecule has 19 heavy (non-hydrogen) atoms. The number of carbonyl (C=O) groups excluding carboxylic acids is 1. The number of anilines is 1. The van der Waals surface area contributed by atoms with E-state index in [0.717, 1.165) is 22.5 Å². The van der Waals surface area contributed by atoms with Crippen molar-refractivity contribution < 1.29 is 9.72 Å². The molecule has 0 radical (unpaired) electrons. The maximum absolute atomic E-state index is 11.9. The van der Waals surface area contributed by atoms with E-state index in [1.807, 2.05) is 32.0 Å². The van der Waals surface area contributed by atoms with Gasteiger partial charge in [0.1, 0.15) is 0 Å². The molecule has 2 aromatic rings. The Hall–Kier alpha value is -2.21. The molecule has 1 aromatic heterocycles. The van der Waals surface area contributed by atoms with Gasteiger partial charge in [-0.3, -0.25) is 14.9 Å². The van der Waals surface area contributed by atoms with Gasteiger partial charge in [-0.1, -0.05) is 17.4 Å². The molecule has 6 heteroatoms. The van der Waals surface area contributed by atoms with Crippen molar-refractivity contribution in [3.05, 3.63) is 56.5 Å². The van der Waals surface area contributed by atoms with Crippen molar-refractivity contribution in [2.45, 2.75) is 13.8 Å². The molecule has 0 fully saturated rings. The van der Waals surface area contributed by atoms with Gasteiger partial charge in [-0.25, -0.2) is 0 Å². The van der Waals surface area contributed by atoms with Gasteiger partial charge in [0.05, 0.1) is 9.80 Å². The summed E-state index contributed by atoms with van der Waals surface area (Å²) >= 11 is 0.865. The molecule has 1 aromatic carbocycles. The van der Waals surface area contributed by atoms with Crippen LogP contribution in [0.15, 0.2) is 30.3 Å². The standard InChI is InChI=1S/C13H12N2O3S/c1-8-3-4-10(7-9(8)2)14-13(16)11-5-6-12(19-11)15(17)18/h3-7H,1-2H3,(H,14,16). The third-order valence-electron chi connectivity index (χ3n) is 2.76. The Morgan fingerprint density at radius 3 is 2.53 bits per heavy atom. The first-order valence-corrected chi connectivity index (χ1v) is 6.42. The molecular weight excluding hydrogens is 264 g/mol. The van der Waals surface area contributed by atoms with Crippen molar-refractivity contribution in [3.63, 3.8) is 0 Å². The van der Waals surface area contributed by atoms with Crippen LogP contribution in [0.3, 0.4) is 0 Å². The summed E-state index contributed by atoms with van der Waals surface area (Å²) in [6.07, 6.45) is 0. The predicted molar refractivity (Wildman–Crippen MR) is 74.8 cm³/mol. The fourth-order valence-corrected chi connectivity index (χ4v) is 2.28. The average Bonchev–Trinajstić information content (AvgIpc) is 2.83. The Labute approximate surface area is 114 Å². The summed E-state index contributed by atoms with van der Waals surface area (Å²) in [6.45, 7) is 3.95. The minimum atomic E-state index is -0.503. The van der Waals surface area contributed by atoms with Crippen molar-refractivity contribution in [2.24, 2.45) is 0 Å². The summed E-state index contributed by atoms with van der Waals surface area (Å²) in [5, 5.41) is 13.3. The second-order valence-corrected chi connectivity index (χ2v) is 5.21. The SMILES string of the molecule is Cc1ccc(NC(=O)c2ccc([N+](=O)[O-])s2)cc1C. The summed E-state index contributed by atoms with van der Waals surface area (Å²) in [4.78, 5) is 22.3. The Bertz CT molecular complexity index is 649. The van der Waals surface area contributed by atoms with Crippen molar-refractivity contribution >= 4 is 27.9 Å². The zero-order chi connectivity index (χ0) is 14.0. The lowest BCUT2D eigenvalue weighted by Gasteiger charge is -2.06. The lowest BCUT2D eigenvalue weighted by molar-refractivity contribution is -0.380. The quantitative estimate of drug-likeness (QED) is 0.688. The molecule has 98 valence electrons. The molecule has 0 bridgehead atoms.